The molecular weight excluding hydrogens is 172 g/mol. The van der Waals surface area contributed by atoms with Crippen LogP contribution < -0.4 is 0 Å². The Labute approximate surface area is 85.8 Å². The first kappa shape index (κ1) is 9.72. The summed E-state index contributed by atoms with van der Waals surface area (Å²) in [5.41, 5.74) is 3.74. The highest BCUT2D eigenvalue weighted by Crippen LogP contribution is 2.27. The van der Waals surface area contributed by atoms with Crippen molar-refractivity contribution in [2.75, 3.05) is 0 Å². The van der Waals surface area contributed by atoms with E-state index < -0.39 is 5.60 Å². The van der Waals surface area contributed by atoms with Crippen molar-refractivity contribution in [3.63, 3.8) is 0 Å². The molecule has 0 aromatic heterocycles. The predicted molar refractivity (Wildman–Crippen MR) is 58.5 cm³/mol. The maximum atomic E-state index is 9.80. The monoisotopic (exact) mass is 190 g/mol. The van der Waals surface area contributed by atoms with Crippen LogP contribution in [0.25, 0.3) is 0 Å². The summed E-state index contributed by atoms with van der Waals surface area (Å²) in [5.74, 6) is 0. The molecule has 0 saturated carbocycles. The zero-order chi connectivity index (χ0) is 10.2. The van der Waals surface area contributed by atoms with Gasteiger partial charge in [-0.3, -0.25) is 0 Å². The van der Waals surface area contributed by atoms with E-state index in [-0.39, 0.29) is 0 Å². The Morgan fingerprint density at radius 3 is 2.79 bits per heavy atom. The molecule has 0 aliphatic heterocycles. The standard InChI is InChI=1S/C13H18O/c1-13(2,14)9-11-7-3-5-10-6-4-8-12(10)11/h3,5,7,14H,4,6,8-9H2,1-2H3. The third kappa shape index (κ3) is 1.98. The largest absolute Gasteiger partial charge is 0.390 e. The minimum Gasteiger partial charge on any atom is -0.390 e. The van der Waals surface area contributed by atoms with Gasteiger partial charge >= 0.3 is 0 Å². The van der Waals surface area contributed by atoms with Crippen LogP contribution in [0.1, 0.15) is 37.0 Å². The van der Waals surface area contributed by atoms with Crippen LogP contribution >= 0.6 is 0 Å². The molecule has 0 bridgehead atoms. The highest BCUT2D eigenvalue weighted by Gasteiger charge is 2.19. The van der Waals surface area contributed by atoms with Crippen LogP contribution in [0, 0.1) is 0 Å². The molecule has 1 nitrogen and oxygen atoms in total. The Bertz CT molecular complexity index is 334. The molecule has 1 aliphatic rings. The summed E-state index contributed by atoms with van der Waals surface area (Å²) >= 11 is 0. The van der Waals surface area contributed by atoms with Crippen molar-refractivity contribution in [2.45, 2.75) is 45.1 Å². The summed E-state index contributed by atoms with van der Waals surface area (Å²) in [6.45, 7) is 3.75. The lowest BCUT2D eigenvalue weighted by Crippen LogP contribution is -2.22. The van der Waals surface area contributed by atoms with E-state index in [9.17, 15) is 5.11 Å². The lowest BCUT2D eigenvalue weighted by atomic mass is 9.93. The average molecular weight is 190 g/mol. The highest BCUT2D eigenvalue weighted by molar-refractivity contribution is 5.39. The molecule has 0 saturated heterocycles. The molecule has 0 fully saturated rings. The van der Waals surface area contributed by atoms with Gasteiger partial charge in [-0.1, -0.05) is 18.2 Å². The number of aliphatic hydroxyl groups is 1. The van der Waals surface area contributed by atoms with E-state index in [4.69, 9.17) is 0 Å². The van der Waals surface area contributed by atoms with Gasteiger partial charge in [-0.05, 0) is 49.8 Å². The smallest absolute Gasteiger partial charge is 0.0632 e. The molecule has 0 radical (unpaired) electrons. The molecule has 0 unspecified atom stereocenters. The van der Waals surface area contributed by atoms with E-state index in [2.05, 4.69) is 18.2 Å². The average Bonchev–Trinajstić information content (AvgIpc) is 2.49. The van der Waals surface area contributed by atoms with E-state index >= 15 is 0 Å². The van der Waals surface area contributed by atoms with Crippen molar-refractivity contribution in [1.29, 1.82) is 0 Å². The van der Waals surface area contributed by atoms with Crippen LogP contribution in [0.4, 0.5) is 0 Å². The highest BCUT2D eigenvalue weighted by atomic mass is 16.3. The molecule has 1 heteroatoms. The fourth-order valence-electron chi connectivity index (χ4n) is 2.33. The first-order chi connectivity index (χ1) is 6.56. The van der Waals surface area contributed by atoms with Gasteiger partial charge in [0.25, 0.3) is 0 Å². The maximum absolute atomic E-state index is 9.80. The second-order valence-electron chi connectivity index (χ2n) is 4.90. The molecule has 1 aromatic rings. The third-order valence-corrected chi connectivity index (χ3v) is 2.87. The molecule has 0 atom stereocenters. The fourth-order valence-corrected chi connectivity index (χ4v) is 2.33. The van der Waals surface area contributed by atoms with Crippen LogP contribution in [-0.4, -0.2) is 10.7 Å². The minimum atomic E-state index is -0.586. The molecule has 76 valence electrons. The van der Waals surface area contributed by atoms with Crippen molar-refractivity contribution in [1.82, 2.24) is 0 Å². The van der Waals surface area contributed by atoms with Crippen LogP contribution in [0.5, 0.6) is 0 Å². The fraction of sp³-hybridized carbons (Fsp3) is 0.538. The van der Waals surface area contributed by atoms with Gasteiger partial charge in [-0.15, -0.1) is 0 Å². The third-order valence-electron chi connectivity index (χ3n) is 2.87. The van der Waals surface area contributed by atoms with Gasteiger partial charge in [0.05, 0.1) is 5.60 Å². The van der Waals surface area contributed by atoms with Gasteiger partial charge in [0.1, 0.15) is 0 Å². The van der Waals surface area contributed by atoms with E-state index in [0.29, 0.717) is 0 Å². The topological polar surface area (TPSA) is 20.2 Å². The van der Waals surface area contributed by atoms with E-state index in [0.717, 1.165) is 6.42 Å². The Morgan fingerprint density at radius 1 is 1.29 bits per heavy atom. The molecule has 14 heavy (non-hydrogen) atoms. The quantitative estimate of drug-likeness (QED) is 0.759. The Kier molecular flexibility index (Phi) is 2.36. The van der Waals surface area contributed by atoms with Crippen LogP contribution in [0.3, 0.4) is 0 Å². The second-order valence-corrected chi connectivity index (χ2v) is 4.90. The number of aryl methyl sites for hydroxylation is 1. The number of fused-ring (bicyclic) bond motifs is 1. The summed E-state index contributed by atoms with van der Waals surface area (Å²) in [6.07, 6.45) is 4.46. The number of rotatable bonds is 2. The first-order valence-electron chi connectivity index (χ1n) is 5.38. The van der Waals surface area contributed by atoms with E-state index in [1.807, 2.05) is 13.8 Å². The van der Waals surface area contributed by atoms with Crippen molar-refractivity contribution < 1.29 is 5.11 Å². The zero-order valence-corrected chi connectivity index (χ0v) is 9.01. The van der Waals surface area contributed by atoms with Crippen LogP contribution in [0.2, 0.25) is 0 Å². The van der Waals surface area contributed by atoms with Gasteiger partial charge in [0.15, 0.2) is 0 Å². The predicted octanol–water partition coefficient (Wildman–Crippen LogP) is 2.49. The molecule has 1 aromatic carbocycles. The van der Waals surface area contributed by atoms with E-state index in [1.54, 1.807) is 0 Å². The molecule has 0 heterocycles. The molecule has 0 spiro atoms. The zero-order valence-electron chi connectivity index (χ0n) is 9.01. The van der Waals surface area contributed by atoms with Crippen LogP contribution in [-0.2, 0) is 19.3 Å². The van der Waals surface area contributed by atoms with Gasteiger partial charge in [-0.2, -0.15) is 0 Å². The van der Waals surface area contributed by atoms with Gasteiger partial charge < -0.3 is 5.11 Å². The lowest BCUT2D eigenvalue weighted by molar-refractivity contribution is 0.0808. The maximum Gasteiger partial charge on any atom is 0.0632 e. The second kappa shape index (κ2) is 3.39. The van der Waals surface area contributed by atoms with Crippen molar-refractivity contribution in [3.8, 4) is 0 Å². The van der Waals surface area contributed by atoms with E-state index in [1.165, 1.54) is 36.0 Å². The SMILES string of the molecule is CC(C)(O)Cc1cccc2c1CCC2. The number of hydrogen-bond acceptors (Lipinski definition) is 1. The lowest BCUT2D eigenvalue weighted by Gasteiger charge is -2.19. The normalized spacial score (nSPS) is 15.6. The number of hydrogen-bond donors (Lipinski definition) is 1. The molecule has 0 amide bonds. The molecule has 2 rings (SSSR count). The summed E-state index contributed by atoms with van der Waals surface area (Å²) in [4.78, 5) is 0. The van der Waals surface area contributed by atoms with Crippen molar-refractivity contribution in [3.05, 3.63) is 34.9 Å². The van der Waals surface area contributed by atoms with Gasteiger partial charge in [-0.25, -0.2) is 0 Å². The Hall–Kier alpha value is -0.820. The summed E-state index contributed by atoms with van der Waals surface area (Å²) < 4.78 is 0. The first-order valence-corrected chi connectivity index (χ1v) is 5.38. The summed E-state index contributed by atoms with van der Waals surface area (Å²) in [6, 6.07) is 6.49. The molecular formula is C13H18O. The molecule has 1 aliphatic carbocycles. The van der Waals surface area contributed by atoms with Gasteiger partial charge in [0, 0.05) is 6.42 Å². The Balaban J connectivity index is 2.31. The van der Waals surface area contributed by atoms with Crippen molar-refractivity contribution >= 4 is 0 Å². The summed E-state index contributed by atoms with van der Waals surface area (Å²) in [5, 5.41) is 9.80. The Morgan fingerprint density at radius 2 is 2.07 bits per heavy atom. The molecule has 1 N–H and O–H groups in total. The van der Waals surface area contributed by atoms with Gasteiger partial charge in [0.2, 0.25) is 0 Å². The minimum absolute atomic E-state index is 0.586. The summed E-state index contributed by atoms with van der Waals surface area (Å²) in [7, 11) is 0. The van der Waals surface area contributed by atoms with Crippen LogP contribution in [0.15, 0.2) is 18.2 Å². The number of benzene rings is 1. The van der Waals surface area contributed by atoms with Crippen molar-refractivity contribution in [2.24, 2.45) is 0 Å².